The Morgan fingerprint density at radius 2 is 2.31 bits per heavy atom. The fourth-order valence-corrected chi connectivity index (χ4v) is 2.49. The molecule has 3 nitrogen and oxygen atoms in total. The van der Waals surface area contributed by atoms with Crippen molar-refractivity contribution in [3.05, 3.63) is 28.8 Å². The van der Waals surface area contributed by atoms with E-state index in [4.69, 9.17) is 17.3 Å². The third-order valence-corrected chi connectivity index (χ3v) is 3.40. The number of nitrogens with two attached hydrogens (primary N) is 1. The molecule has 0 aliphatic carbocycles. The van der Waals surface area contributed by atoms with Crippen LogP contribution in [0.15, 0.2) is 18.2 Å². The van der Waals surface area contributed by atoms with Gasteiger partial charge in [-0.2, -0.15) is 0 Å². The largest absolute Gasteiger partial charge is 0.394 e. The summed E-state index contributed by atoms with van der Waals surface area (Å²) >= 11 is 6.01. The van der Waals surface area contributed by atoms with Crippen LogP contribution >= 0.6 is 11.6 Å². The van der Waals surface area contributed by atoms with Crippen molar-refractivity contribution in [2.45, 2.75) is 25.4 Å². The second-order valence-electron chi connectivity index (χ2n) is 4.15. The average molecular weight is 241 g/mol. The lowest BCUT2D eigenvalue weighted by molar-refractivity contribution is 0.266. The maximum absolute atomic E-state index is 9.32. The lowest BCUT2D eigenvalue weighted by Crippen LogP contribution is -2.33. The van der Waals surface area contributed by atoms with E-state index in [0.29, 0.717) is 6.54 Å². The minimum Gasteiger partial charge on any atom is -0.394 e. The summed E-state index contributed by atoms with van der Waals surface area (Å²) in [6, 6.07) is 5.98. The molecule has 0 saturated carbocycles. The summed E-state index contributed by atoms with van der Waals surface area (Å²) in [5.74, 6) is 0. The minimum absolute atomic E-state index is 0.191. The van der Waals surface area contributed by atoms with E-state index < -0.39 is 0 Å². The molecule has 1 aliphatic rings. The molecular formula is C12H17ClN2O. The molecule has 3 N–H and O–H groups in total. The highest BCUT2D eigenvalue weighted by atomic mass is 35.5. The number of benzene rings is 1. The molecule has 0 radical (unpaired) electrons. The summed E-state index contributed by atoms with van der Waals surface area (Å²) in [6.45, 7) is 1.66. The van der Waals surface area contributed by atoms with Crippen LogP contribution in [-0.2, 0) is 6.54 Å². The van der Waals surface area contributed by atoms with Gasteiger partial charge in [0.1, 0.15) is 0 Å². The first-order chi connectivity index (χ1) is 7.76. The zero-order valence-corrected chi connectivity index (χ0v) is 9.95. The number of nitrogens with zero attached hydrogens (tertiary/aromatic N) is 1. The van der Waals surface area contributed by atoms with Gasteiger partial charge >= 0.3 is 0 Å². The predicted octanol–water partition coefficient (Wildman–Crippen LogP) is 1.76. The maximum atomic E-state index is 9.32. The summed E-state index contributed by atoms with van der Waals surface area (Å²) in [5.41, 5.74) is 7.89. The summed E-state index contributed by atoms with van der Waals surface area (Å²) in [6.07, 6.45) is 2.15. The van der Waals surface area contributed by atoms with Gasteiger partial charge in [0.25, 0.3) is 0 Å². The molecule has 1 atom stereocenters. The first kappa shape index (κ1) is 11.7. The van der Waals surface area contributed by atoms with Gasteiger partial charge in [-0.15, -0.1) is 0 Å². The Hall–Kier alpha value is -0.770. The molecule has 1 aromatic carbocycles. The number of aliphatic hydroxyl groups is 1. The third kappa shape index (κ3) is 2.17. The zero-order valence-electron chi connectivity index (χ0n) is 9.19. The summed E-state index contributed by atoms with van der Waals surface area (Å²) in [5, 5.41) is 10.0. The Morgan fingerprint density at radius 3 is 3.00 bits per heavy atom. The highest BCUT2D eigenvalue weighted by Crippen LogP contribution is 2.30. The number of anilines is 1. The average Bonchev–Trinajstić information content (AvgIpc) is 2.76. The van der Waals surface area contributed by atoms with E-state index in [1.54, 1.807) is 0 Å². The molecule has 1 unspecified atom stereocenters. The van der Waals surface area contributed by atoms with Crippen molar-refractivity contribution in [1.29, 1.82) is 0 Å². The highest BCUT2D eigenvalue weighted by Gasteiger charge is 2.25. The number of hydrogen-bond donors (Lipinski definition) is 2. The highest BCUT2D eigenvalue weighted by molar-refractivity contribution is 6.30. The standard InChI is InChI=1S/C12H17ClN2O/c13-10-4-3-9(7-14)12(6-10)15-5-1-2-11(15)8-16/h3-4,6,11,16H,1-2,5,7-8,14H2. The van der Waals surface area contributed by atoms with E-state index >= 15 is 0 Å². The number of hydrogen-bond acceptors (Lipinski definition) is 3. The maximum Gasteiger partial charge on any atom is 0.0635 e. The number of rotatable bonds is 3. The van der Waals surface area contributed by atoms with Gasteiger partial charge in [-0.25, -0.2) is 0 Å². The van der Waals surface area contributed by atoms with Crippen molar-refractivity contribution in [2.75, 3.05) is 18.1 Å². The van der Waals surface area contributed by atoms with Crippen LogP contribution in [0.4, 0.5) is 5.69 Å². The normalized spacial score (nSPS) is 20.4. The smallest absolute Gasteiger partial charge is 0.0635 e. The van der Waals surface area contributed by atoms with Gasteiger partial charge in [0, 0.05) is 23.8 Å². The van der Waals surface area contributed by atoms with E-state index in [9.17, 15) is 5.11 Å². The summed E-state index contributed by atoms with van der Waals surface area (Å²) < 4.78 is 0. The van der Waals surface area contributed by atoms with E-state index in [1.165, 1.54) is 0 Å². The van der Waals surface area contributed by atoms with Crippen molar-refractivity contribution in [3.8, 4) is 0 Å². The van der Waals surface area contributed by atoms with Crippen LogP contribution in [0.2, 0.25) is 5.02 Å². The lowest BCUT2D eigenvalue weighted by atomic mass is 10.1. The molecule has 0 spiro atoms. The lowest BCUT2D eigenvalue weighted by Gasteiger charge is -2.27. The van der Waals surface area contributed by atoms with E-state index in [1.807, 2.05) is 18.2 Å². The fraction of sp³-hybridized carbons (Fsp3) is 0.500. The molecule has 1 aliphatic heterocycles. The van der Waals surface area contributed by atoms with Crippen LogP contribution in [0.25, 0.3) is 0 Å². The Bertz CT molecular complexity index is 370. The van der Waals surface area contributed by atoms with Gasteiger partial charge < -0.3 is 15.7 Å². The molecule has 2 rings (SSSR count). The first-order valence-corrected chi connectivity index (χ1v) is 6.00. The van der Waals surface area contributed by atoms with Crippen molar-refractivity contribution in [2.24, 2.45) is 5.73 Å². The Labute approximate surface area is 101 Å². The molecule has 1 aromatic rings. The van der Waals surface area contributed by atoms with Crippen molar-refractivity contribution in [1.82, 2.24) is 0 Å². The van der Waals surface area contributed by atoms with E-state index in [-0.39, 0.29) is 12.6 Å². The van der Waals surface area contributed by atoms with Gasteiger partial charge in [-0.1, -0.05) is 17.7 Å². The predicted molar refractivity (Wildman–Crippen MR) is 66.8 cm³/mol. The van der Waals surface area contributed by atoms with E-state index in [0.717, 1.165) is 35.7 Å². The first-order valence-electron chi connectivity index (χ1n) is 5.62. The molecule has 4 heteroatoms. The molecule has 0 amide bonds. The van der Waals surface area contributed by atoms with Crippen LogP contribution in [0.1, 0.15) is 18.4 Å². The molecule has 1 heterocycles. The monoisotopic (exact) mass is 240 g/mol. The molecule has 88 valence electrons. The van der Waals surface area contributed by atoms with E-state index in [2.05, 4.69) is 4.90 Å². The van der Waals surface area contributed by atoms with Crippen LogP contribution in [0, 0.1) is 0 Å². The van der Waals surface area contributed by atoms with Gasteiger partial charge in [0.15, 0.2) is 0 Å². The molecule has 0 aromatic heterocycles. The van der Waals surface area contributed by atoms with Crippen LogP contribution in [0.3, 0.4) is 0 Å². The van der Waals surface area contributed by atoms with Crippen LogP contribution in [-0.4, -0.2) is 24.3 Å². The van der Waals surface area contributed by atoms with Gasteiger partial charge in [-0.05, 0) is 30.5 Å². The zero-order chi connectivity index (χ0) is 11.5. The molecule has 1 saturated heterocycles. The summed E-state index contributed by atoms with van der Waals surface area (Å²) in [7, 11) is 0. The van der Waals surface area contributed by atoms with Crippen molar-refractivity contribution >= 4 is 17.3 Å². The fourth-order valence-electron chi connectivity index (χ4n) is 2.32. The molecule has 16 heavy (non-hydrogen) atoms. The number of aliphatic hydroxyl groups excluding tert-OH is 1. The van der Waals surface area contributed by atoms with Gasteiger partial charge in [-0.3, -0.25) is 0 Å². The van der Waals surface area contributed by atoms with Crippen LogP contribution < -0.4 is 10.6 Å². The molecule has 0 bridgehead atoms. The molecule has 1 fully saturated rings. The number of halogens is 1. The van der Waals surface area contributed by atoms with Gasteiger partial charge in [0.05, 0.1) is 12.6 Å². The Kier molecular flexibility index (Phi) is 3.69. The van der Waals surface area contributed by atoms with Gasteiger partial charge in [0.2, 0.25) is 0 Å². The SMILES string of the molecule is NCc1ccc(Cl)cc1N1CCCC1CO. The molecular weight excluding hydrogens is 224 g/mol. The summed E-state index contributed by atoms with van der Waals surface area (Å²) in [4.78, 5) is 2.22. The Balaban J connectivity index is 2.34. The van der Waals surface area contributed by atoms with Crippen molar-refractivity contribution in [3.63, 3.8) is 0 Å². The quantitative estimate of drug-likeness (QED) is 0.847. The second kappa shape index (κ2) is 5.04. The second-order valence-corrected chi connectivity index (χ2v) is 4.59. The Morgan fingerprint density at radius 1 is 1.50 bits per heavy atom. The minimum atomic E-state index is 0.191. The van der Waals surface area contributed by atoms with Crippen LogP contribution in [0.5, 0.6) is 0 Å². The topological polar surface area (TPSA) is 49.5 Å². The third-order valence-electron chi connectivity index (χ3n) is 3.16. The van der Waals surface area contributed by atoms with Crippen molar-refractivity contribution < 1.29 is 5.11 Å².